The molecule has 0 atom stereocenters. The Hall–Kier alpha value is -0.880. The molecule has 1 fully saturated rings. The number of benzene rings is 1. The van der Waals surface area contributed by atoms with Gasteiger partial charge >= 0.3 is 0 Å². The molecular formula is C14H17ClN2O2S. The Balaban J connectivity index is 1.85. The van der Waals surface area contributed by atoms with Crippen LogP contribution in [-0.2, 0) is 9.84 Å². The maximum absolute atomic E-state index is 12.6. The highest BCUT2D eigenvalue weighted by atomic mass is 35.5. The molecule has 0 aliphatic carbocycles. The fourth-order valence-corrected chi connectivity index (χ4v) is 4.81. The first-order valence-electron chi connectivity index (χ1n) is 6.63. The van der Waals surface area contributed by atoms with Crippen LogP contribution in [0.4, 0.5) is 0 Å². The normalized spacial score (nSPS) is 22.6. The fraction of sp³-hybridized carbons (Fsp3) is 0.429. The van der Waals surface area contributed by atoms with E-state index in [9.17, 15) is 8.42 Å². The summed E-state index contributed by atoms with van der Waals surface area (Å²) in [5, 5.41) is 0.312. The molecule has 2 aliphatic rings. The number of piperazine rings is 1. The van der Waals surface area contributed by atoms with E-state index in [1.54, 1.807) is 24.3 Å². The lowest BCUT2D eigenvalue weighted by atomic mass is 10.2. The Morgan fingerprint density at radius 1 is 1.20 bits per heavy atom. The molecule has 4 nitrogen and oxygen atoms in total. The van der Waals surface area contributed by atoms with Crippen molar-refractivity contribution in [2.45, 2.75) is 4.90 Å². The summed E-state index contributed by atoms with van der Waals surface area (Å²) >= 11 is 6.05. The lowest BCUT2D eigenvalue weighted by molar-refractivity contribution is 0.166. The third kappa shape index (κ3) is 2.39. The largest absolute Gasteiger partial charge is 0.304 e. The molecule has 0 radical (unpaired) electrons. The van der Waals surface area contributed by atoms with Gasteiger partial charge in [0.15, 0.2) is 0 Å². The standard InChI is InChI=1S/C14H17ClN2O2S/c1-16-5-7-17(8-6-16)10-12-9-11-3-2-4-13(15)14(11)20(12,18)19/h2-4,9H,5-8,10H2,1H3. The number of fused-ring (bicyclic) bond motifs is 1. The minimum absolute atomic E-state index is 0.269. The monoisotopic (exact) mass is 312 g/mol. The summed E-state index contributed by atoms with van der Waals surface area (Å²) in [6.45, 7) is 4.21. The van der Waals surface area contributed by atoms with Crippen LogP contribution in [0.2, 0.25) is 5.02 Å². The van der Waals surface area contributed by atoms with Crippen LogP contribution in [0.3, 0.4) is 0 Å². The molecule has 108 valence electrons. The van der Waals surface area contributed by atoms with E-state index < -0.39 is 9.84 Å². The van der Waals surface area contributed by atoms with Gasteiger partial charge < -0.3 is 4.90 Å². The van der Waals surface area contributed by atoms with E-state index in [1.165, 1.54) is 0 Å². The van der Waals surface area contributed by atoms with Crippen LogP contribution >= 0.6 is 11.6 Å². The maximum atomic E-state index is 12.6. The summed E-state index contributed by atoms with van der Waals surface area (Å²) in [6.07, 6.45) is 1.76. The van der Waals surface area contributed by atoms with Crippen LogP contribution in [0.5, 0.6) is 0 Å². The average Bonchev–Trinajstić information content (AvgIpc) is 2.65. The smallest absolute Gasteiger partial charge is 0.206 e. The van der Waals surface area contributed by atoms with Crippen molar-refractivity contribution in [3.8, 4) is 0 Å². The molecule has 0 bridgehead atoms. The highest BCUT2D eigenvalue weighted by Crippen LogP contribution is 2.37. The van der Waals surface area contributed by atoms with E-state index in [0.29, 0.717) is 22.0 Å². The second-order valence-electron chi connectivity index (χ2n) is 5.35. The Bertz CT molecular complexity index is 662. The summed E-state index contributed by atoms with van der Waals surface area (Å²) in [6, 6.07) is 5.21. The molecule has 1 aromatic carbocycles. The van der Waals surface area contributed by atoms with Gasteiger partial charge in [-0.15, -0.1) is 0 Å². The molecule has 0 aromatic heterocycles. The average molecular weight is 313 g/mol. The number of sulfone groups is 1. The molecule has 2 heterocycles. The summed E-state index contributed by atoms with van der Waals surface area (Å²) in [4.78, 5) is 5.17. The predicted octanol–water partition coefficient (Wildman–Crippen LogP) is 1.72. The molecule has 20 heavy (non-hydrogen) atoms. The van der Waals surface area contributed by atoms with Crippen molar-refractivity contribution < 1.29 is 8.42 Å². The molecule has 0 saturated carbocycles. The number of rotatable bonds is 2. The fourth-order valence-electron chi connectivity index (χ4n) is 2.66. The summed E-state index contributed by atoms with van der Waals surface area (Å²) in [5.41, 5.74) is 0.710. The first kappa shape index (κ1) is 14.1. The second kappa shape index (κ2) is 5.15. The zero-order valence-electron chi connectivity index (χ0n) is 11.3. The van der Waals surface area contributed by atoms with Crippen molar-refractivity contribution in [3.05, 3.63) is 33.7 Å². The number of hydrogen-bond acceptors (Lipinski definition) is 4. The zero-order chi connectivity index (χ0) is 14.3. The number of halogens is 1. The van der Waals surface area contributed by atoms with Crippen molar-refractivity contribution in [3.63, 3.8) is 0 Å². The first-order chi connectivity index (χ1) is 9.48. The Morgan fingerprint density at radius 3 is 2.55 bits per heavy atom. The molecule has 0 unspecified atom stereocenters. The van der Waals surface area contributed by atoms with Crippen LogP contribution < -0.4 is 0 Å². The van der Waals surface area contributed by atoms with Crippen LogP contribution in [0.25, 0.3) is 6.08 Å². The van der Waals surface area contributed by atoms with E-state index in [2.05, 4.69) is 16.8 Å². The highest BCUT2D eigenvalue weighted by molar-refractivity contribution is 7.96. The van der Waals surface area contributed by atoms with Gasteiger partial charge in [-0.1, -0.05) is 23.7 Å². The molecule has 3 rings (SSSR count). The van der Waals surface area contributed by atoms with Gasteiger partial charge in [-0.2, -0.15) is 0 Å². The van der Waals surface area contributed by atoms with Gasteiger partial charge in [0.05, 0.1) is 14.8 Å². The van der Waals surface area contributed by atoms with Crippen LogP contribution in [0.15, 0.2) is 28.0 Å². The molecule has 1 aromatic rings. The van der Waals surface area contributed by atoms with Crippen molar-refractivity contribution in [1.29, 1.82) is 0 Å². The SMILES string of the molecule is CN1CCN(CC2=Cc3cccc(Cl)c3S2(=O)=O)CC1. The minimum Gasteiger partial charge on any atom is -0.304 e. The number of hydrogen-bond donors (Lipinski definition) is 0. The van der Waals surface area contributed by atoms with E-state index >= 15 is 0 Å². The maximum Gasteiger partial charge on any atom is 0.206 e. The van der Waals surface area contributed by atoms with Crippen LogP contribution in [0.1, 0.15) is 5.56 Å². The van der Waals surface area contributed by atoms with E-state index in [1.807, 2.05) is 0 Å². The van der Waals surface area contributed by atoms with E-state index in [-0.39, 0.29) is 4.90 Å². The molecule has 2 aliphatic heterocycles. The van der Waals surface area contributed by atoms with Crippen molar-refractivity contribution in [1.82, 2.24) is 9.80 Å². The van der Waals surface area contributed by atoms with Crippen molar-refractivity contribution in [2.75, 3.05) is 39.8 Å². The highest BCUT2D eigenvalue weighted by Gasteiger charge is 2.33. The van der Waals surface area contributed by atoms with Gasteiger partial charge in [-0.25, -0.2) is 8.42 Å². The minimum atomic E-state index is -3.42. The third-order valence-corrected chi connectivity index (χ3v) is 6.26. The molecule has 0 spiro atoms. The third-order valence-electron chi connectivity index (χ3n) is 3.90. The van der Waals surface area contributed by atoms with Crippen molar-refractivity contribution >= 4 is 27.5 Å². The van der Waals surface area contributed by atoms with Gasteiger partial charge in [-0.3, -0.25) is 4.90 Å². The summed E-state index contributed by atoms with van der Waals surface area (Å²) < 4.78 is 25.1. The summed E-state index contributed by atoms with van der Waals surface area (Å²) in [5.74, 6) is 0. The predicted molar refractivity (Wildman–Crippen MR) is 80.6 cm³/mol. The molecule has 1 saturated heterocycles. The van der Waals surface area contributed by atoms with Gasteiger partial charge in [0.1, 0.15) is 0 Å². The van der Waals surface area contributed by atoms with Crippen LogP contribution in [0, 0.1) is 0 Å². The van der Waals surface area contributed by atoms with Crippen LogP contribution in [-0.4, -0.2) is 58.0 Å². The molecular weight excluding hydrogens is 296 g/mol. The van der Waals surface area contributed by atoms with E-state index in [0.717, 1.165) is 26.2 Å². The van der Waals surface area contributed by atoms with Gasteiger partial charge in [0.25, 0.3) is 0 Å². The lowest BCUT2D eigenvalue weighted by Gasteiger charge is -2.32. The van der Waals surface area contributed by atoms with Gasteiger partial charge in [0.2, 0.25) is 9.84 Å². The topological polar surface area (TPSA) is 40.6 Å². The Labute approximate surface area is 124 Å². The van der Waals surface area contributed by atoms with E-state index in [4.69, 9.17) is 11.6 Å². The lowest BCUT2D eigenvalue weighted by Crippen LogP contribution is -2.45. The summed E-state index contributed by atoms with van der Waals surface area (Å²) in [7, 11) is -1.33. The number of nitrogens with zero attached hydrogens (tertiary/aromatic N) is 2. The van der Waals surface area contributed by atoms with Gasteiger partial charge in [-0.05, 0) is 24.8 Å². The number of likely N-dealkylation sites (N-methyl/N-ethyl adjacent to an activating group) is 1. The molecule has 0 N–H and O–H groups in total. The quantitative estimate of drug-likeness (QED) is 0.834. The molecule has 6 heteroatoms. The van der Waals surface area contributed by atoms with Gasteiger partial charge in [0, 0.05) is 32.7 Å². The Morgan fingerprint density at radius 2 is 1.90 bits per heavy atom. The van der Waals surface area contributed by atoms with Crippen molar-refractivity contribution in [2.24, 2.45) is 0 Å². The zero-order valence-corrected chi connectivity index (χ0v) is 12.9. The molecule has 0 amide bonds. The first-order valence-corrected chi connectivity index (χ1v) is 8.49. The second-order valence-corrected chi connectivity index (χ2v) is 7.70. The Kier molecular flexibility index (Phi) is 3.62.